The molecule has 1 aliphatic carbocycles. The lowest BCUT2D eigenvalue weighted by Gasteiger charge is -2.29. The third-order valence-corrected chi connectivity index (χ3v) is 7.15. The van der Waals surface area contributed by atoms with Gasteiger partial charge < -0.3 is 15.2 Å². The van der Waals surface area contributed by atoms with Gasteiger partial charge in [-0.3, -0.25) is 24.7 Å². The molecule has 0 aliphatic heterocycles. The van der Waals surface area contributed by atoms with Crippen LogP contribution in [0.5, 0.6) is 0 Å². The molecule has 0 spiro atoms. The normalized spacial score (nSPS) is 18.0. The number of imidazole rings is 1. The summed E-state index contributed by atoms with van der Waals surface area (Å²) in [5.74, 6) is 0.340. The van der Waals surface area contributed by atoms with Crippen LogP contribution in [-0.4, -0.2) is 63.2 Å². The molecule has 39 heavy (non-hydrogen) atoms. The number of para-hydroxylation sites is 2. The average molecular weight is 553 g/mol. The Labute approximate surface area is 231 Å². The number of halogens is 1. The van der Waals surface area contributed by atoms with Gasteiger partial charge in [-0.05, 0) is 62.8 Å². The summed E-state index contributed by atoms with van der Waals surface area (Å²) < 4.78 is 8.42. The molecule has 206 valence electrons. The van der Waals surface area contributed by atoms with Gasteiger partial charge in [0.25, 0.3) is 5.91 Å². The number of rotatable bonds is 8. The molecule has 0 saturated heterocycles. The Morgan fingerprint density at radius 3 is 2.67 bits per heavy atom. The van der Waals surface area contributed by atoms with Crippen LogP contribution in [0.3, 0.4) is 0 Å². The Bertz CT molecular complexity index is 1470. The highest BCUT2D eigenvalue weighted by molar-refractivity contribution is 6.30. The van der Waals surface area contributed by atoms with E-state index in [0.717, 1.165) is 31.2 Å². The minimum atomic E-state index is -0.281. The third kappa shape index (κ3) is 6.63. The molecule has 1 saturated carbocycles. The van der Waals surface area contributed by atoms with Gasteiger partial charge in [-0.15, -0.1) is 0 Å². The van der Waals surface area contributed by atoms with E-state index in [1.54, 1.807) is 24.6 Å². The second-order valence-corrected chi connectivity index (χ2v) is 9.98. The molecule has 1 fully saturated rings. The Morgan fingerprint density at radius 2 is 1.97 bits per heavy atom. The van der Waals surface area contributed by atoms with Crippen molar-refractivity contribution in [3.05, 3.63) is 75.4 Å². The van der Waals surface area contributed by atoms with Gasteiger partial charge in [0.15, 0.2) is 0 Å². The molecule has 3 N–H and O–H groups in total. The number of aromatic nitrogens is 3. The van der Waals surface area contributed by atoms with Crippen LogP contribution in [0.1, 0.15) is 41.7 Å². The topological polar surface area (TPSA) is 135 Å². The molecule has 0 atom stereocenters. The maximum absolute atomic E-state index is 13.5. The van der Waals surface area contributed by atoms with Crippen molar-refractivity contribution < 1.29 is 14.6 Å². The minimum absolute atomic E-state index is 0.0130. The van der Waals surface area contributed by atoms with Crippen molar-refractivity contribution >= 4 is 40.3 Å². The van der Waals surface area contributed by atoms with Crippen molar-refractivity contribution in [1.29, 1.82) is 5.41 Å². The summed E-state index contributed by atoms with van der Waals surface area (Å²) in [5, 5.41) is 21.1. The van der Waals surface area contributed by atoms with Crippen LogP contribution in [0.4, 0.5) is 0 Å². The maximum atomic E-state index is 13.5. The fourth-order valence-electron chi connectivity index (χ4n) is 4.93. The Morgan fingerprint density at radius 1 is 1.26 bits per heavy atom. The monoisotopic (exact) mass is 552 g/mol. The standard InChI is InChI=1S/C28H33ClN6O4/c1-18-22(15-20(29)16-32-18)27(37)33-21-9-7-19(8-10-21)17-34-23-5-3-4-6-24(23)35(28(34)38)25(30)11-12-26(31-2)39-14-13-36/h3-6,11-12,15-16,19,21,30,36H,7-10,13-14,17H2,1-2H3,(H,33,37)/b12-11-,30-25?,31-26+/t19-,21-. The van der Waals surface area contributed by atoms with Crippen molar-refractivity contribution in [2.75, 3.05) is 20.3 Å². The summed E-state index contributed by atoms with van der Waals surface area (Å²) in [6.07, 6.45) is 7.83. The fourth-order valence-corrected chi connectivity index (χ4v) is 5.09. The molecule has 2 aromatic heterocycles. The van der Waals surface area contributed by atoms with Crippen molar-refractivity contribution in [2.45, 2.75) is 45.2 Å². The molecule has 0 bridgehead atoms. The Balaban J connectivity index is 1.45. The molecule has 1 aromatic carbocycles. The van der Waals surface area contributed by atoms with Crippen LogP contribution in [0.15, 0.2) is 58.5 Å². The zero-order valence-corrected chi connectivity index (χ0v) is 22.8. The third-order valence-electron chi connectivity index (χ3n) is 6.94. The van der Waals surface area contributed by atoms with Gasteiger partial charge in [-0.25, -0.2) is 9.36 Å². The van der Waals surface area contributed by atoms with Gasteiger partial charge >= 0.3 is 5.69 Å². The van der Waals surface area contributed by atoms with Gasteiger partial charge in [0.2, 0.25) is 5.90 Å². The van der Waals surface area contributed by atoms with E-state index in [4.69, 9.17) is 26.9 Å². The summed E-state index contributed by atoms with van der Waals surface area (Å²) in [6.45, 7) is 2.26. The molecule has 3 aromatic rings. The van der Waals surface area contributed by atoms with E-state index in [1.165, 1.54) is 22.9 Å². The van der Waals surface area contributed by atoms with Crippen molar-refractivity contribution in [3.8, 4) is 0 Å². The number of nitrogens with one attached hydrogen (secondary N) is 2. The molecule has 0 radical (unpaired) electrons. The number of aliphatic hydroxyl groups is 1. The molecule has 1 amide bonds. The first-order valence-electron chi connectivity index (χ1n) is 12.9. The van der Waals surface area contributed by atoms with Crippen LogP contribution >= 0.6 is 11.6 Å². The van der Waals surface area contributed by atoms with E-state index < -0.39 is 0 Å². The zero-order chi connectivity index (χ0) is 27.9. The summed E-state index contributed by atoms with van der Waals surface area (Å²) in [4.78, 5) is 34.4. The lowest BCUT2D eigenvalue weighted by molar-refractivity contribution is 0.0919. The summed E-state index contributed by atoms with van der Waals surface area (Å²) >= 11 is 6.02. The number of ether oxygens (including phenoxy) is 1. The summed E-state index contributed by atoms with van der Waals surface area (Å²) in [5.41, 5.74) is 2.25. The molecule has 0 unspecified atom stereocenters. The van der Waals surface area contributed by atoms with Gasteiger partial charge in [0.1, 0.15) is 12.4 Å². The lowest BCUT2D eigenvalue weighted by atomic mass is 9.85. The highest BCUT2D eigenvalue weighted by atomic mass is 35.5. The second kappa shape index (κ2) is 12.9. The highest BCUT2D eigenvalue weighted by Gasteiger charge is 2.26. The first-order chi connectivity index (χ1) is 18.8. The molecular formula is C28H33ClN6O4. The fraction of sp³-hybridized carbons (Fsp3) is 0.393. The number of carbonyl (C=O) groups is 1. The van der Waals surface area contributed by atoms with Crippen molar-refractivity contribution in [2.24, 2.45) is 10.9 Å². The number of hydrogen-bond donors (Lipinski definition) is 3. The number of pyridine rings is 1. The van der Waals surface area contributed by atoms with E-state index in [0.29, 0.717) is 28.3 Å². The number of hydrogen-bond acceptors (Lipinski definition) is 7. The van der Waals surface area contributed by atoms with E-state index in [2.05, 4.69) is 15.3 Å². The number of allylic oxidation sites excluding steroid dienone is 1. The number of fused-ring (bicyclic) bond motifs is 1. The Hall–Kier alpha value is -3.76. The first-order valence-corrected chi connectivity index (χ1v) is 13.3. The molecule has 4 rings (SSSR count). The van der Waals surface area contributed by atoms with Crippen LogP contribution in [0.2, 0.25) is 5.02 Å². The summed E-state index contributed by atoms with van der Waals surface area (Å²) in [7, 11) is 1.55. The largest absolute Gasteiger partial charge is 0.475 e. The predicted molar refractivity (Wildman–Crippen MR) is 152 cm³/mol. The van der Waals surface area contributed by atoms with Gasteiger partial charge in [-0.2, -0.15) is 0 Å². The SMILES string of the molecule is C/N=C(\C=C/C(=N)n1c(=O)n(C[C@H]2CC[C@H](NC(=O)c3cc(Cl)cnc3C)CC2)c2ccccc21)OCCO. The van der Waals surface area contributed by atoms with Crippen LogP contribution in [0.25, 0.3) is 11.0 Å². The number of aliphatic imine (C=N–C) groups is 1. The van der Waals surface area contributed by atoms with Crippen LogP contribution in [0, 0.1) is 18.3 Å². The molecule has 10 nitrogen and oxygen atoms in total. The average Bonchev–Trinajstić information content (AvgIpc) is 3.22. The van der Waals surface area contributed by atoms with Crippen molar-refractivity contribution in [1.82, 2.24) is 19.4 Å². The van der Waals surface area contributed by atoms with E-state index in [9.17, 15) is 9.59 Å². The molecular weight excluding hydrogens is 520 g/mol. The molecule has 11 heteroatoms. The smallest absolute Gasteiger partial charge is 0.334 e. The van der Waals surface area contributed by atoms with E-state index in [-0.39, 0.29) is 48.5 Å². The number of benzene rings is 1. The zero-order valence-electron chi connectivity index (χ0n) is 22.1. The number of amides is 1. The van der Waals surface area contributed by atoms with E-state index in [1.807, 2.05) is 24.3 Å². The maximum Gasteiger partial charge on any atom is 0.334 e. The lowest BCUT2D eigenvalue weighted by Crippen LogP contribution is -2.39. The highest BCUT2D eigenvalue weighted by Crippen LogP contribution is 2.27. The minimum Gasteiger partial charge on any atom is -0.475 e. The van der Waals surface area contributed by atoms with Gasteiger partial charge in [-0.1, -0.05) is 23.7 Å². The Kier molecular flexibility index (Phi) is 9.32. The number of aliphatic hydroxyl groups excluding tert-OH is 1. The molecule has 1 aliphatic rings. The van der Waals surface area contributed by atoms with Crippen molar-refractivity contribution in [3.63, 3.8) is 0 Å². The predicted octanol–water partition coefficient (Wildman–Crippen LogP) is 3.57. The van der Waals surface area contributed by atoms with Crippen LogP contribution in [-0.2, 0) is 11.3 Å². The van der Waals surface area contributed by atoms with E-state index >= 15 is 0 Å². The quantitative estimate of drug-likeness (QED) is 0.290. The van der Waals surface area contributed by atoms with Crippen LogP contribution < -0.4 is 11.0 Å². The van der Waals surface area contributed by atoms with Gasteiger partial charge in [0.05, 0.1) is 33.9 Å². The van der Waals surface area contributed by atoms with Gasteiger partial charge in [0, 0.05) is 31.9 Å². The second-order valence-electron chi connectivity index (χ2n) is 9.55. The first kappa shape index (κ1) is 28.3. The summed E-state index contributed by atoms with van der Waals surface area (Å²) in [6, 6.07) is 9.12. The number of carbonyl (C=O) groups excluding carboxylic acids is 1. The molecule has 2 heterocycles. The number of nitrogens with zero attached hydrogens (tertiary/aromatic N) is 4. The number of aryl methyl sites for hydroxylation is 1.